The van der Waals surface area contributed by atoms with Gasteiger partial charge in [0.25, 0.3) is 0 Å². The van der Waals surface area contributed by atoms with Crippen LogP contribution in [-0.2, 0) is 0 Å². The van der Waals surface area contributed by atoms with Crippen molar-refractivity contribution in [3.8, 4) is 34.2 Å². The molecule has 0 bridgehead atoms. The first-order chi connectivity index (χ1) is 20.8. The number of rotatable bonds is 3. The van der Waals surface area contributed by atoms with E-state index in [-0.39, 0.29) is 0 Å². The molecule has 0 fully saturated rings. The SMILES string of the molecule is c1ccc2cc(-c3nc(-c4ccc5c(c4)oc4ccccc45)nc(-c4cncc5oc6ccccc6c45)n3)ccc2c1. The summed E-state index contributed by atoms with van der Waals surface area (Å²) in [5.41, 5.74) is 5.64. The van der Waals surface area contributed by atoms with Crippen molar-refractivity contribution in [3.63, 3.8) is 0 Å². The molecule has 0 saturated heterocycles. The molecule has 0 aliphatic heterocycles. The third kappa shape index (κ3) is 3.52. The summed E-state index contributed by atoms with van der Waals surface area (Å²) in [6.07, 6.45) is 3.54. The predicted molar refractivity (Wildman–Crippen MR) is 166 cm³/mol. The van der Waals surface area contributed by atoms with Gasteiger partial charge in [0, 0.05) is 44.4 Å². The summed E-state index contributed by atoms with van der Waals surface area (Å²) in [6.45, 7) is 0. The summed E-state index contributed by atoms with van der Waals surface area (Å²) >= 11 is 0. The normalized spacial score (nSPS) is 11.8. The Bertz CT molecular complexity index is 2490. The zero-order valence-corrected chi connectivity index (χ0v) is 22.2. The number of furan rings is 2. The van der Waals surface area contributed by atoms with Crippen molar-refractivity contribution in [2.45, 2.75) is 0 Å². The van der Waals surface area contributed by atoms with Crippen LogP contribution in [0.25, 0.3) is 88.8 Å². The summed E-state index contributed by atoms with van der Waals surface area (Å²) < 4.78 is 12.3. The van der Waals surface area contributed by atoms with Gasteiger partial charge in [0.2, 0.25) is 0 Å². The van der Waals surface area contributed by atoms with Crippen molar-refractivity contribution >= 4 is 54.6 Å². The zero-order valence-electron chi connectivity index (χ0n) is 22.2. The Morgan fingerprint density at radius 3 is 1.90 bits per heavy atom. The van der Waals surface area contributed by atoms with E-state index in [1.807, 2.05) is 66.7 Å². The number of hydrogen-bond acceptors (Lipinski definition) is 6. The number of pyridine rings is 1. The molecule has 0 aliphatic rings. The monoisotopic (exact) mass is 540 g/mol. The number of aromatic nitrogens is 4. The van der Waals surface area contributed by atoms with Gasteiger partial charge in [-0.2, -0.15) is 0 Å². The third-order valence-electron chi connectivity index (χ3n) is 7.81. The van der Waals surface area contributed by atoms with Crippen LogP contribution < -0.4 is 0 Å². The van der Waals surface area contributed by atoms with Gasteiger partial charge in [-0.15, -0.1) is 0 Å². The maximum Gasteiger partial charge on any atom is 0.166 e. The highest BCUT2D eigenvalue weighted by Gasteiger charge is 2.19. The van der Waals surface area contributed by atoms with Gasteiger partial charge < -0.3 is 8.83 Å². The Balaban J connectivity index is 1.31. The number of fused-ring (bicyclic) bond motifs is 7. The van der Waals surface area contributed by atoms with Gasteiger partial charge in [-0.1, -0.05) is 78.9 Å². The van der Waals surface area contributed by atoms with Crippen molar-refractivity contribution in [1.29, 1.82) is 0 Å². The smallest absolute Gasteiger partial charge is 0.166 e. The average Bonchev–Trinajstić information content (AvgIpc) is 3.62. The molecule has 42 heavy (non-hydrogen) atoms. The highest BCUT2D eigenvalue weighted by Crippen LogP contribution is 2.37. The van der Waals surface area contributed by atoms with E-state index in [4.69, 9.17) is 23.8 Å². The van der Waals surface area contributed by atoms with E-state index in [1.165, 1.54) is 0 Å². The van der Waals surface area contributed by atoms with Gasteiger partial charge in [0.05, 0.1) is 6.20 Å². The average molecular weight is 541 g/mol. The Hall–Kier alpha value is -5.88. The second kappa shape index (κ2) is 8.81. The van der Waals surface area contributed by atoms with Gasteiger partial charge in [-0.25, -0.2) is 15.0 Å². The summed E-state index contributed by atoms with van der Waals surface area (Å²) in [5, 5.41) is 6.32. The Kier molecular flexibility index (Phi) is 4.80. The van der Waals surface area contributed by atoms with E-state index < -0.39 is 0 Å². The van der Waals surface area contributed by atoms with E-state index in [2.05, 4.69) is 47.4 Å². The maximum atomic E-state index is 6.19. The van der Waals surface area contributed by atoms with Crippen LogP contribution in [0.15, 0.2) is 130 Å². The summed E-state index contributed by atoms with van der Waals surface area (Å²) in [4.78, 5) is 19.5. The Morgan fingerprint density at radius 2 is 1.05 bits per heavy atom. The minimum atomic E-state index is 0.525. The molecule has 0 N–H and O–H groups in total. The topological polar surface area (TPSA) is 77.8 Å². The van der Waals surface area contributed by atoms with E-state index in [1.54, 1.807) is 12.4 Å². The van der Waals surface area contributed by atoms with Gasteiger partial charge in [0.1, 0.15) is 16.7 Å². The molecule has 6 nitrogen and oxygen atoms in total. The quantitative estimate of drug-likeness (QED) is 0.222. The highest BCUT2D eigenvalue weighted by atomic mass is 16.3. The molecule has 4 aromatic heterocycles. The van der Waals surface area contributed by atoms with Crippen LogP contribution >= 0.6 is 0 Å². The molecule has 0 atom stereocenters. The van der Waals surface area contributed by atoms with Crippen molar-refractivity contribution in [3.05, 3.63) is 122 Å². The fourth-order valence-electron chi connectivity index (χ4n) is 5.79. The van der Waals surface area contributed by atoms with Crippen LogP contribution in [-0.4, -0.2) is 19.9 Å². The molecule has 0 unspecified atom stereocenters. The lowest BCUT2D eigenvalue weighted by molar-refractivity contribution is 0.667. The Morgan fingerprint density at radius 1 is 0.429 bits per heavy atom. The number of hydrogen-bond donors (Lipinski definition) is 0. The first-order valence-electron chi connectivity index (χ1n) is 13.7. The molecule has 5 aromatic carbocycles. The van der Waals surface area contributed by atoms with Crippen molar-refractivity contribution in [2.24, 2.45) is 0 Å². The summed E-state index contributed by atoms with van der Waals surface area (Å²) in [5.74, 6) is 1.66. The van der Waals surface area contributed by atoms with Gasteiger partial charge >= 0.3 is 0 Å². The molecule has 0 radical (unpaired) electrons. The molecule has 9 rings (SSSR count). The molecule has 0 amide bonds. The van der Waals surface area contributed by atoms with Crippen LogP contribution in [0.1, 0.15) is 0 Å². The largest absolute Gasteiger partial charge is 0.456 e. The fourth-order valence-corrected chi connectivity index (χ4v) is 5.79. The second-order valence-electron chi connectivity index (χ2n) is 10.3. The van der Waals surface area contributed by atoms with E-state index >= 15 is 0 Å². The van der Waals surface area contributed by atoms with E-state index in [0.717, 1.165) is 65.8 Å². The molecule has 0 saturated carbocycles. The zero-order chi connectivity index (χ0) is 27.6. The van der Waals surface area contributed by atoms with Crippen molar-refractivity contribution in [1.82, 2.24) is 19.9 Å². The summed E-state index contributed by atoms with van der Waals surface area (Å²) in [6, 6.07) is 36.7. The highest BCUT2D eigenvalue weighted by molar-refractivity contribution is 6.11. The minimum absolute atomic E-state index is 0.525. The lowest BCUT2D eigenvalue weighted by Crippen LogP contribution is -2.00. The molecule has 0 aliphatic carbocycles. The van der Waals surface area contributed by atoms with Crippen LogP contribution in [0.5, 0.6) is 0 Å². The number of nitrogens with zero attached hydrogens (tertiary/aromatic N) is 4. The Labute approximate surface area is 238 Å². The number of benzene rings is 5. The van der Waals surface area contributed by atoms with Gasteiger partial charge in [0.15, 0.2) is 23.1 Å². The molecular weight excluding hydrogens is 520 g/mol. The minimum Gasteiger partial charge on any atom is -0.456 e. The number of para-hydroxylation sites is 2. The maximum absolute atomic E-state index is 6.19. The molecule has 9 aromatic rings. The van der Waals surface area contributed by atoms with E-state index in [0.29, 0.717) is 23.1 Å². The van der Waals surface area contributed by atoms with Gasteiger partial charge in [-0.3, -0.25) is 4.98 Å². The summed E-state index contributed by atoms with van der Waals surface area (Å²) in [7, 11) is 0. The fraction of sp³-hybridized carbons (Fsp3) is 0. The van der Waals surface area contributed by atoms with Gasteiger partial charge in [-0.05, 0) is 41.1 Å². The third-order valence-corrected chi connectivity index (χ3v) is 7.81. The molecule has 6 heteroatoms. The van der Waals surface area contributed by atoms with E-state index in [9.17, 15) is 0 Å². The van der Waals surface area contributed by atoms with Crippen molar-refractivity contribution in [2.75, 3.05) is 0 Å². The van der Waals surface area contributed by atoms with Crippen LogP contribution in [0.3, 0.4) is 0 Å². The second-order valence-corrected chi connectivity index (χ2v) is 10.3. The first kappa shape index (κ1) is 22.9. The lowest BCUT2D eigenvalue weighted by atomic mass is 10.1. The van der Waals surface area contributed by atoms with Crippen LogP contribution in [0.2, 0.25) is 0 Å². The first-order valence-corrected chi connectivity index (χ1v) is 13.7. The van der Waals surface area contributed by atoms with Crippen molar-refractivity contribution < 1.29 is 8.83 Å². The molecular formula is C36H20N4O2. The molecule has 196 valence electrons. The standard InChI is InChI=1S/C36H20N4O2/c1-2-8-22-17-23(14-13-21(22)7-1)34-38-35(24-15-16-26-25-9-3-5-11-29(25)41-31(26)18-24)40-36(39-34)28-19-37-20-32-33(28)27-10-4-6-12-30(27)42-32/h1-20H. The van der Waals surface area contributed by atoms with Crippen LogP contribution in [0, 0.1) is 0 Å². The molecule has 4 heterocycles. The lowest BCUT2D eigenvalue weighted by Gasteiger charge is -2.09. The molecule has 0 spiro atoms. The van der Waals surface area contributed by atoms with Crippen LogP contribution in [0.4, 0.5) is 0 Å². The predicted octanol–water partition coefficient (Wildman–Crippen LogP) is 9.22.